The van der Waals surface area contributed by atoms with Gasteiger partial charge in [-0.25, -0.2) is 0 Å². The van der Waals surface area contributed by atoms with Crippen LogP contribution in [0.2, 0.25) is 0 Å². The summed E-state index contributed by atoms with van der Waals surface area (Å²) in [5.74, 6) is 1.10. The Kier molecular flexibility index (Phi) is 0.866. The molecule has 2 nitrogen and oxygen atoms in total. The molecule has 1 aliphatic carbocycles. The molecule has 1 saturated carbocycles. The van der Waals surface area contributed by atoms with E-state index in [9.17, 15) is 0 Å². The lowest BCUT2D eigenvalue weighted by molar-refractivity contribution is 0.0872. The maximum atomic E-state index is 9.05. The third-order valence-corrected chi connectivity index (χ3v) is 2.19. The van der Waals surface area contributed by atoms with Crippen LogP contribution in [0.4, 0.5) is 0 Å². The van der Waals surface area contributed by atoms with Crippen molar-refractivity contribution in [2.24, 2.45) is 11.8 Å². The molecule has 0 unspecified atom stereocenters. The Hall–Kier alpha value is -0.0800. The third-order valence-electron chi connectivity index (χ3n) is 2.19. The molecule has 0 radical (unpaired) electrons. The summed E-state index contributed by atoms with van der Waals surface area (Å²) in [6, 6.07) is 0. The van der Waals surface area contributed by atoms with Gasteiger partial charge < -0.3 is 9.84 Å². The zero-order valence-corrected chi connectivity index (χ0v) is 4.71. The van der Waals surface area contributed by atoms with Crippen LogP contribution in [0.5, 0.6) is 0 Å². The van der Waals surface area contributed by atoms with Crippen molar-refractivity contribution in [2.45, 2.75) is 12.5 Å². The summed E-state index contributed by atoms with van der Waals surface area (Å²) in [7, 11) is 0. The van der Waals surface area contributed by atoms with Crippen molar-refractivity contribution in [3.63, 3.8) is 0 Å². The van der Waals surface area contributed by atoms with Crippen molar-refractivity contribution in [2.75, 3.05) is 13.2 Å². The molecule has 46 valence electrons. The first-order valence-corrected chi connectivity index (χ1v) is 3.15. The smallest absolute Gasteiger partial charge is 0.0627 e. The average Bonchev–Trinajstić information content (AvgIpc) is 2.46. The SMILES string of the molecule is O[C@@H]1[C@H]2COCC[C@@H]12. The van der Waals surface area contributed by atoms with E-state index in [4.69, 9.17) is 9.84 Å². The maximum absolute atomic E-state index is 9.05. The van der Waals surface area contributed by atoms with Gasteiger partial charge in [0.15, 0.2) is 0 Å². The minimum atomic E-state index is -0.0162. The van der Waals surface area contributed by atoms with Crippen LogP contribution in [0.1, 0.15) is 6.42 Å². The van der Waals surface area contributed by atoms with E-state index in [2.05, 4.69) is 0 Å². The number of hydrogen-bond acceptors (Lipinski definition) is 2. The quantitative estimate of drug-likeness (QED) is 0.481. The van der Waals surface area contributed by atoms with Crippen LogP contribution in [-0.4, -0.2) is 24.4 Å². The Balaban J connectivity index is 1.97. The number of fused-ring (bicyclic) bond motifs is 1. The Morgan fingerprint density at radius 1 is 1.38 bits per heavy atom. The molecule has 0 bridgehead atoms. The van der Waals surface area contributed by atoms with Crippen molar-refractivity contribution >= 4 is 0 Å². The fourth-order valence-corrected chi connectivity index (χ4v) is 1.47. The van der Waals surface area contributed by atoms with Gasteiger partial charge >= 0.3 is 0 Å². The normalized spacial score (nSPS) is 52.9. The van der Waals surface area contributed by atoms with Gasteiger partial charge in [0.05, 0.1) is 12.7 Å². The number of aliphatic hydroxyl groups excluding tert-OH is 1. The topological polar surface area (TPSA) is 29.5 Å². The molecule has 1 aliphatic heterocycles. The molecule has 2 rings (SSSR count). The highest BCUT2D eigenvalue weighted by Crippen LogP contribution is 2.44. The molecular weight excluding hydrogens is 104 g/mol. The lowest BCUT2D eigenvalue weighted by Gasteiger charge is -2.06. The van der Waals surface area contributed by atoms with Crippen molar-refractivity contribution in [3.8, 4) is 0 Å². The van der Waals surface area contributed by atoms with E-state index in [-0.39, 0.29) is 6.10 Å². The van der Waals surface area contributed by atoms with E-state index in [1.54, 1.807) is 0 Å². The summed E-state index contributed by atoms with van der Waals surface area (Å²) in [6.45, 7) is 1.66. The van der Waals surface area contributed by atoms with Gasteiger partial charge in [-0.05, 0) is 12.3 Å². The summed E-state index contributed by atoms with van der Waals surface area (Å²) in [4.78, 5) is 0. The summed E-state index contributed by atoms with van der Waals surface area (Å²) in [5, 5.41) is 9.05. The van der Waals surface area contributed by atoms with Gasteiger partial charge in [0.2, 0.25) is 0 Å². The van der Waals surface area contributed by atoms with Crippen molar-refractivity contribution < 1.29 is 9.84 Å². The molecule has 2 aliphatic rings. The summed E-state index contributed by atoms with van der Waals surface area (Å²) >= 11 is 0. The lowest BCUT2D eigenvalue weighted by Crippen LogP contribution is -2.07. The number of rotatable bonds is 0. The summed E-state index contributed by atoms with van der Waals surface area (Å²) in [6.07, 6.45) is 1.06. The van der Waals surface area contributed by atoms with Crippen LogP contribution in [-0.2, 0) is 4.74 Å². The fraction of sp³-hybridized carbons (Fsp3) is 1.00. The van der Waals surface area contributed by atoms with Crippen molar-refractivity contribution in [3.05, 3.63) is 0 Å². The standard InChI is InChI=1S/C6H10O2/c7-6-4-1-2-8-3-5(4)6/h4-7H,1-3H2/t4-,5+,6+/m1/s1. The first-order chi connectivity index (χ1) is 3.89. The zero-order valence-electron chi connectivity index (χ0n) is 4.71. The second-order valence-corrected chi connectivity index (χ2v) is 2.68. The van der Waals surface area contributed by atoms with E-state index >= 15 is 0 Å². The van der Waals surface area contributed by atoms with Crippen LogP contribution in [0.25, 0.3) is 0 Å². The minimum absolute atomic E-state index is 0.0162. The van der Waals surface area contributed by atoms with E-state index in [1.165, 1.54) is 0 Å². The molecule has 0 aromatic rings. The number of hydrogen-bond donors (Lipinski definition) is 1. The van der Waals surface area contributed by atoms with Crippen LogP contribution in [0, 0.1) is 11.8 Å². The highest BCUT2D eigenvalue weighted by atomic mass is 16.5. The highest BCUT2D eigenvalue weighted by molar-refractivity contribution is 4.98. The number of aliphatic hydroxyl groups is 1. The maximum Gasteiger partial charge on any atom is 0.0627 e. The van der Waals surface area contributed by atoms with Crippen LogP contribution in [0.3, 0.4) is 0 Å². The van der Waals surface area contributed by atoms with Crippen LogP contribution < -0.4 is 0 Å². The molecule has 0 aromatic carbocycles. The predicted molar refractivity (Wildman–Crippen MR) is 28.4 cm³/mol. The van der Waals surface area contributed by atoms with Gasteiger partial charge in [0, 0.05) is 12.5 Å². The van der Waals surface area contributed by atoms with Crippen molar-refractivity contribution in [1.82, 2.24) is 0 Å². The summed E-state index contributed by atoms with van der Waals surface area (Å²) < 4.78 is 5.13. The molecule has 8 heavy (non-hydrogen) atoms. The monoisotopic (exact) mass is 114 g/mol. The van der Waals surface area contributed by atoms with Gasteiger partial charge in [-0.2, -0.15) is 0 Å². The molecular formula is C6H10O2. The van der Waals surface area contributed by atoms with Gasteiger partial charge in [0.1, 0.15) is 0 Å². The fourth-order valence-electron chi connectivity index (χ4n) is 1.47. The molecule has 0 amide bonds. The second kappa shape index (κ2) is 1.45. The van der Waals surface area contributed by atoms with Crippen molar-refractivity contribution in [1.29, 1.82) is 0 Å². The Morgan fingerprint density at radius 2 is 2.25 bits per heavy atom. The first kappa shape index (κ1) is 4.77. The van der Waals surface area contributed by atoms with Gasteiger partial charge in [-0.3, -0.25) is 0 Å². The van der Waals surface area contributed by atoms with Gasteiger partial charge in [-0.1, -0.05) is 0 Å². The van der Waals surface area contributed by atoms with E-state index in [0.717, 1.165) is 19.6 Å². The number of ether oxygens (including phenoxy) is 1. The Labute approximate surface area is 48.5 Å². The van der Waals surface area contributed by atoms with Crippen LogP contribution in [0.15, 0.2) is 0 Å². The molecule has 0 aromatic heterocycles. The molecule has 1 saturated heterocycles. The molecule has 1 N–H and O–H groups in total. The summed E-state index contributed by atoms with van der Waals surface area (Å²) in [5.41, 5.74) is 0. The van der Waals surface area contributed by atoms with Gasteiger partial charge in [0.25, 0.3) is 0 Å². The predicted octanol–water partition coefficient (Wildman–Crippen LogP) is 0.0136. The Bertz CT molecular complexity index is 90.7. The highest BCUT2D eigenvalue weighted by Gasteiger charge is 2.50. The Morgan fingerprint density at radius 3 is 2.75 bits per heavy atom. The van der Waals surface area contributed by atoms with Crippen LogP contribution >= 0.6 is 0 Å². The van der Waals surface area contributed by atoms with E-state index < -0.39 is 0 Å². The minimum Gasteiger partial charge on any atom is -0.392 e. The molecule has 3 atom stereocenters. The second-order valence-electron chi connectivity index (χ2n) is 2.68. The third kappa shape index (κ3) is 0.501. The molecule has 2 fully saturated rings. The molecule has 2 heteroatoms. The molecule has 0 spiro atoms. The first-order valence-electron chi connectivity index (χ1n) is 3.15. The van der Waals surface area contributed by atoms with E-state index in [1.807, 2.05) is 0 Å². The van der Waals surface area contributed by atoms with Gasteiger partial charge in [-0.15, -0.1) is 0 Å². The largest absolute Gasteiger partial charge is 0.392 e. The molecule has 1 heterocycles. The zero-order chi connectivity index (χ0) is 5.56. The lowest BCUT2D eigenvalue weighted by atomic mass is 10.2. The van der Waals surface area contributed by atoms with E-state index in [0.29, 0.717) is 11.8 Å². The average molecular weight is 114 g/mol.